The molecule has 118 valence electrons. The van der Waals surface area contributed by atoms with Crippen LogP contribution < -0.4 is 5.32 Å². The quantitative estimate of drug-likeness (QED) is 0.523. The molecule has 1 saturated heterocycles. The molecule has 5 nitrogen and oxygen atoms in total. The molecule has 1 aromatic carbocycles. The van der Waals surface area contributed by atoms with E-state index < -0.39 is 40.4 Å². The van der Waals surface area contributed by atoms with Crippen LogP contribution in [0, 0.1) is 17.6 Å². The third-order valence-corrected chi connectivity index (χ3v) is 4.00. The Bertz CT molecular complexity index is 616. The minimum absolute atomic E-state index is 0.0289. The van der Waals surface area contributed by atoms with Crippen molar-refractivity contribution in [3.63, 3.8) is 0 Å². The topological polar surface area (TPSA) is 66.5 Å². The van der Waals surface area contributed by atoms with E-state index in [2.05, 4.69) is 5.32 Å². The van der Waals surface area contributed by atoms with Crippen LogP contribution >= 0.6 is 11.6 Å². The van der Waals surface area contributed by atoms with Crippen LogP contribution in [-0.2, 0) is 14.4 Å². The summed E-state index contributed by atoms with van der Waals surface area (Å²) in [5, 5.41) is 2.01. The first-order valence-corrected chi connectivity index (χ1v) is 6.94. The maximum atomic E-state index is 13.3. The second kappa shape index (κ2) is 6.39. The van der Waals surface area contributed by atoms with E-state index in [4.69, 9.17) is 11.6 Å². The smallest absolute Gasteiger partial charge is 0.286 e. The van der Waals surface area contributed by atoms with Gasteiger partial charge in [0.15, 0.2) is 11.6 Å². The van der Waals surface area contributed by atoms with Gasteiger partial charge in [0.2, 0.25) is 12.2 Å². The highest BCUT2D eigenvalue weighted by atomic mass is 35.5. The van der Waals surface area contributed by atoms with Gasteiger partial charge in [0.25, 0.3) is 5.91 Å². The number of amides is 2. The van der Waals surface area contributed by atoms with Crippen molar-refractivity contribution in [2.75, 3.05) is 11.9 Å². The third kappa shape index (κ3) is 3.09. The first-order valence-electron chi connectivity index (χ1n) is 6.56. The Balaban J connectivity index is 2.10. The van der Waals surface area contributed by atoms with E-state index in [0.717, 1.165) is 12.1 Å². The molecular formula is C14H13ClF2N2O3. The Hall–Kier alpha value is -2.02. The van der Waals surface area contributed by atoms with Crippen LogP contribution in [0.5, 0.6) is 0 Å². The van der Waals surface area contributed by atoms with Crippen LogP contribution in [0.2, 0.25) is 5.02 Å². The summed E-state index contributed by atoms with van der Waals surface area (Å²) >= 11 is 5.52. The Kier molecular flexibility index (Phi) is 4.75. The lowest BCUT2D eigenvalue weighted by Crippen LogP contribution is -2.39. The molecule has 2 atom stereocenters. The summed E-state index contributed by atoms with van der Waals surface area (Å²) in [7, 11) is 0. The number of halogens is 3. The Labute approximate surface area is 130 Å². The minimum Gasteiger partial charge on any atom is -0.333 e. The molecular weight excluding hydrogens is 318 g/mol. The third-order valence-electron chi connectivity index (χ3n) is 3.73. The normalized spacial score (nSPS) is 20.8. The predicted octanol–water partition coefficient (Wildman–Crippen LogP) is 1.99. The van der Waals surface area contributed by atoms with Crippen molar-refractivity contribution in [3.05, 3.63) is 28.8 Å². The first-order chi connectivity index (χ1) is 10.3. The number of aldehydes is 1. The van der Waals surface area contributed by atoms with Gasteiger partial charge in [0.05, 0.1) is 10.9 Å². The van der Waals surface area contributed by atoms with Crippen LogP contribution in [0.25, 0.3) is 0 Å². The average Bonchev–Trinajstić information content (AvgIpc) is 2.85. The predicted molar refractivity (Wildman–Crippen MR) is 75.3 cm³/mol. The van der Waals surface area contributed by atoms with Crippen molar-refractivity contribution in [3.8, 4) is 0 Å². The first kappa shape index (κ1) is 16.4. The molecule has 1 unspecified atom stereocenters. The van der Waals surface area contributed by atoms with Gasteiger partial charge in [0.1, 0.15) is 0 Å². The zero-order chi connectivity index (χ0) is 16.4. The van der Waals surface area contributed by atoms with Gasteiger partial charge in [0, 0.05) is 24.3 Å². The molecule has 0 spiro atoms. The summed E-state index contributed by atoms with van der Waals surface area (Å²) in [5.74, 6) is -4.03. The second-order valence-corrected chi connectivity index (χ2v) is 5.44. The number of carbonyl (C=O) groups excluding carboxylic acids is 3. The Morgan fingerprint density at radius 2 is 2.09 bits per heavy atom. The van der Waals surface area contributed by atoms with Crippen molar-refractivity contribution in [1.29, 1.82) is 0 Å². The lowest BCUT2D eigenvalue weighted by atomic mass is 10.0. The van der Waals surface area contributed by atoms with Crippen LogP contribution in [0.4, 0.5) is 14.5 Å². The maximum absolute atomic E-state index is 13.3. The largest absolute Gasteiger partial charge is 0.333 e. The highest BCUT2D eigenvalue weighted by Crippen LogP contribution is 2.27. The number of benzene rings is 1. The zero-order valence-electron chi connectivity index (χ0n) is 11.6. The average molecular weight is 331 g/mol. The van der Waals surface area contributed by atoms with E-state index in [0.29, 0.717) is 6.42 Å². The molecule has 8 heteroatoms. The van der Waals surface area contributed by atoms with Gasteiger partial charge >= 0.3 is 0 Å². The highest BCUT2D eigenvalue weighted by molar-refractivity contribution is 6.31. The van der Waals surface area contributed by atoms with Crippen molar-refractivity contribution >= 4 is 35.4 Å². The fraction of sp³-hybridized carbons (Fsp3) is 0.357. The van der Waals surface area contributed by atoms with Crippen LogP contribution in [0.1, 0.15) is 13.3 Å². The molecule has 0 aliphatic carbocycles. The molecule has 2 amide bonds. The van der Waals surface area contributed by atoms with Gasteiger partial charge in [-0.3, -0.25) is 14.4 Å². The van der Waals surface area contributed by atoms with Crippen molar-refractivity contribution in [2.24, 2.45) is 5.92 Å². The van der Waals surface area contributed by atoms with Crippen LogP contribution in [-0.4, -0.2) is 35.6 Å². The van der Waals surface area contributed by atoms with Gasteiger partial charge in [-0.05, 0) is 19.4 Å². The monoisotopic (exact) mass is 330 g/mol. The number of hydrogen-bond acceptors (Lipinski definition) is 3. The molecule has 22 heavy (non-hydrogen) atoms. The van der Waals surface area contributed by atoms with E-state index in [1.165, 1.54) is 4.90 Å². The zero-order valence-corrected chi connectivity index (χ0v) is 12.4. The van der Waals surface area contributed by atoms with E-state index in [-0.39, 0.29) is 18.5 Å². The summed E-state index contributed by atoms with van der Waals surface area (Å²) in [6, 6.07) is 1.47. The number of likely N-dealkylation sites (tertiary alicyclic amines) is 1. The fourth-order valence-corrected chi connectivity index (χ4v) is 2.74. The highest BCUT2D eigenvalue weighted by Gasteiger charge is 2.38. The number of carbonyl (C=O) groups is 3. The molecule has 1 aliphatic heterocycles. The van der Waals surface area contributed by atoms with Gasteiger partial charge in [-0.2, -0.15) is 0 Å². The van der Waals surface area contributed by atoms with Crippen LogP contribution in [0.3, 0.4) is 0 Å². The number of nitrogens with zero attached hydrogens (tertiary/aromatic N) is 1. The molecule has 0 saturated carbocycles. The standard InChI is InChI=1S/C14H13ClF2N2O3/c1-7-9(2-3-19(7)12(21)6-20)14(22)18-8-4-10(15)13(17)11(16)5-8/h4-7,9H,2-3H2,1H3,(H,18,22)/t7-,9?/m0/s1. The van der Waals surface area contributed by atoms with Gasteiger partial charge < -0.3 is 10.2 Å². The Morgan fingerprint density at radius 3 is 2.68 bits per heavy atom. The van der Waals surface area contributed by atoms with Crippen molar-refractivity contribution in [1.82, 2.24) is 4.90 Å². The summed E-state index contributed by atoms with van der Waals surface area (Å²) in [6.07, 6.45) is 0.579. The lowest BCUT2D eigenvalue weighted by Gasteiger charge is -2.22. The minimum atomic E-state index is -1.18. The van der Waals surface area contributed by atoms with Crippen molar-refractivity contribution in [2.45, 2.75) is 19.4 Å². The number of hydrogen-bond donors (Lipinski definition) is 1. The molecule has 1 aromatic rings. The molecule has 1 heterocycles. The maximum Gasteiger partial charge on any atom is 0.286 e. The van der Waals surface area contributed by atoms with Crippen LogP contribution in [0.15, 0.2) is 12.1 Å². The van der Waals surface area contributed by atoms with E-state index in [1.54, 1.807) is 6.92 Å². The van der Waals surface area contributed by atoms with E-state index in [9.17, 15) is 23.2 Å². The SMILES string of the molecule is C[C@H]1C(C(=O)Nc2cc(F)c(F)c(Cl)c2)CCN1C(=O)C=O. The van der Waals surface area contributed by atoms with Crippen molar-refractivity contribution < 1.29 is 23.2 Å². The molecule has 0 aromatic heterocycles. The number of rotatable bonds is 3. The molecule has 2 rings (SSSR count). The summed E-state index contributed by atoms with van der Waals surface area (Å²) in [6.45, 7) is 1.94. The summed E-state index contributed by atoms with van der Waals surface area (Å²) in [4.78, 5) is 35.4. The number of nitrogens with one attached hydrogen (secondary N) is 1. The van der Waals surface area contributed by atoms with Gasteiger partial charge in [-0.1, -0.05) is 11.6 Å². The Morgan fingerprint density at radius 1 is 1.41 bits per heavy atom. The van der Waals surface area contributed by atoms with Gasteiger partial charge in [-0.15, -0.1) is 0 Å². The summed E-state index contributed by atoms with van der Waals surface area (Å²) in [5.41, 5.74) is 0.0289. The lowest BCUT2D eigenvalue weighted by molar-refractivity contribution is -0.139. The molecule has 0 bridgehead atoms. The molecule has 1 N–H and O–H groups in total. The second-order valence-electron chi connectivity index (χ2n) is 5.03. The molecule has 1 aliphatic rings. The van der Waals surface area contributed by atoms with Gasteiger partial charge in [-0.25, -0.2) is 8.78 Å². The van der Waals surface area contributed by atoms with E-state index in [1.807, 2.05) is 0 Å². The molecule has 1 fully saturated rings. The van der Waals surface area contributed by atoms with E-state index >= 15 is 0 Å². The summed E-state index contributed by atoms with van der Waals surface area (Å²) < 4.78 is 26.3. The molecule has 0 radical (unpaired) electrons. The fourth-order valence-electron chi connectivity index (χ4n) is 2.53. The number of anilines is 1.